The first-order valence-electron chi connectivity index (χ1n) is 20.6. The molecule has 0 saturated heterocycles. The molecule has 296 valence electrons. The van der Waals surface area contributed by atoms with Gasteiger partial charge in [0.15, 0.2) is 34.9 Å². The van der Waals surface area contributed by atoms with Crippen molar-refractivity contribution in [1.82, 2.24) is 44.9 Å². The van der Waals surface area contributed by atoms with Crippen LogP contribution >= 0.6 is 0 Å². The first-order chi connectivity index (χ1) is 31.1. The fourth-order valence-electron chi connectivity index (χ4n) is 8.11. The van der Waals surface area contributed by atoms with Crippen LogP contribution in [-0.4, -0.2) is 44.9 Å². The molecule has 0 unspecified atom stereocenters. The predicted octanol–water partition coefficient (Wildman–Crippen LogP) is 12.2. The molecule has 6 aromatic carbocycles. The van der Waals surface area contributed by atoms with Gasteiger partial charge >= 0.3 is 0 Å². The minimum Gasteiger partial charge on any atom is -0.253 e. The molecule has 0 saturated carbocycles. The maximum absolute atomic E-state index is 5.00. The quantitative estimate of drug-likeness (QED) is 0.138. The van der Waals surface area contributed by atoms with Crippen LogP contribution in [0.4, 0.5) is 0 Å². The van der Waals surface area contributed by atoms with Crippen molar-refractivity contribution in [3.05, 3.63) is 200 Å². The van der Waals surface area contributed by atoms with Crippen LogP contribution in [0.5, 0.6) is 0 Å². The van der Waals surface area contributed by atoms with Crippen LogP contribution in [0.3, 0.4) is 0 Å². The largest absolute Gasteiger partial charge is 0.253 e. The Morgan fingerprint density at radius 1 is 0.270 bits per heavy atom. The van der Waals surface area contributed by atoms with E-state index in [0.717, 1.165) is 66.1 Å². The van der Waals surface area contributed by atoms with E-state index in [0.29, 0.717) is 52.0 Å². The van der Waals surface area contributed by atoms with Crippen molar-refractivity contribution in [3.63, 3.8) is 0 Å². The lowest BCUT2D eigenvalue weighted by Gasteiger charge is -2.18. The Morgan fingerprint density at radius 2 is 0.587 bits per heavy atom. The number of rotatable bonds is 8. The Morgan fingerprint density at radius 3 is 0.968 bits per heavy atom. The van der Waals surface area contributed by atoms with Crippen LogP contribution in [-0.2, 0) is 0 Å². The Kier molecular flexibility index (Phi) is 9.51. The molecule has 0 N–H and O–H groups in total. The number of aryl methyl sites for hydroxylation is 1. The van der Waals surface area contributed by atoms with Crippen LogP contribution in [0.2, 0.25) is 0 Å². The molecule has 0 aliphatic rings. The summed E-state index contributed by atoms with van der Waals surface area (Å²) in [5.41, 5.74) is 10.3. The molecule has 0 aliphatic heterocycles. The summed E-state index contributed by atoms with van der Waals surface area (Å²) in [5, 5.41) is 4.61. The van der Waals surface area contributed by atoms with Crippen molar-refractivity contribution in [2.45, 2.75) is 6.92 Å². The molecule has 0 fully saturated rings. The minimum atomic E-state index is 0.487. The van der Waals surface area contributed by atoms with E-state index in [2.05, 4.69) is 125 Å². The lowest BCUT2D eigenvalue weighted by molar-refractivity contribution is 1.05. The molecule has 0 aliphatic carbocycles. The zero-order valence-corrected chi connectivity index (χ0v) is 34.0. The first kappa shape index (κ1) is 37.3. The summed E-state index contributed by atoms with van der Waals surface area (Å²) in [6.45, 7) is 2.07. The highest BCUT2D eigenvalue weighted by molar-refractivity contribution is 6.21. The maximum atomic E-state index is 5.00. The van der Waals surface area contributed by atoms with Gasteiger partial charge in [0.05, 0.1) is 0 Å². The second kappa shape index (κ2) is 16.1. The van der Waals surface area contributed by atoms with Crippen molar-refractivity contribution >= 4 is 21.5 Å². The zero-order chi connectivity index (χ0) is 42.1. The van der Waals surface area contributed by atoms with E-state index in [-0.39, 0.29) is 0 Å². The summed E-state index contributed by atoms with van der Waals surface area (Å²) in [6.07, 6.45) is 5.23. The molecule has 9 heteroatoms. The highest BCUT2D eigenvalue weighted by Crippen LogP contribution is 2.44. The monoisotopic (exact) mass is 809 g/mol. The third-order valence-electron chi connectivity index (χ3n) is 11.1. The number of hydrogen-bond donors (Lipinski definition) is 0. The zero-order valence-electron chi connectivity index (χ0n) is 34.0. The van der Waals surface area contributed by atoms with Gasteiger partial charge in [0, 0.05) is 35.3 Å². The lowest BCUT2D eigenvalue weighted by atomic mass is 9.85. The summed E-state index contributed by atoms with van der Waals surface area (Å²) < 4.78 is 0. The molecule has 0 radical (unpaired) electrons. The molecule has 0 atom stereocenters. The SMILES string of the molecule is Cc1ccccc1-c1nc(-c2ccc(-c3c4ccccc4c(-c4ccc(-c5nc(-c6ccccn6)nc(-c6ccccn6)n5)cc4)c4ccccc34)cc2)nc(-c2ccccn2)n1. The van der Waals surface area contributed by atoms with E-state index in [4.69, 9.17) is 29.9 Å². The predicted molar refractivity (Wildman–Crippen MR) is 250 cm³/mol. The Balaban J connectivity index is 1.00. The van der Waals surface area contributed by atoms with Gasteiger partial charge in [-0.25, -0.2) is 29.9 Å². The molecule has 0 bridgehead atoms. The third kappa shape index (κ3) is 7.13. The van der Waals surface area contributed by atoms with Gasteiger partial charge in [0.2, 0.25) is 0 Å². The topological polar surface area (TPSA) is 116 Å². The molecule has 9 nitrogen and oxygen atoms in total. The smallest absolute Gasteiger partial charge is 0.182 e. The summed E-state index contributed by atoms with van der Waals surface area (Å²) in [5.74, 6) is 3.24. The summed E-state index contributed by atoms with van der Waals surface area (Å²) in [7, 11) is 0. The first-order valence-corrected chi connectivity index (χ1v) is 20.6. The normalized spacial score (nSPS) is 11.3. The lowest BCUT2D eigenvalue weighted by Crippen LogP contribution is -2.01. The molecule has 63 heavy (non-hydrogen) atoms. The number of nitrogens with zero attached hydrogens (tertiary/aromatic N) is 9. The van der Waals surface area contributed by atoms with Crippen molar-refractivity contribution in [1.29, 1.82) is 0 Å². The molecule has 5 aromatic heterocycles. The van der Waals surface area contributed by atoms with E-state index in [9.17, 15) is 0 Å². The Bertz CT molecular complexity index is 3320. The van der Waals surface area contributed by atoms with Crippen molar-refractivity contribution in [2.75, 3.05) is 0 Å². The van der Waals surface area contributed by atoms with Crippen LogP contribution in [0, 0.1) is 6.92 Å². The third-order valence-corrected chi connectivity index (χ3v) is 11.1. The van der Waals surface area contributed by atoms with Crippen molar-refractivity contribution < 1.29 is 0 Å². The van der Waals surface area contributed by atoms with Gasteiger partial charge in [-0.2, -0.15) is 0 Å². The number of pyridine rings is 3. The number of aromatic nitrogens is 9. The molecular weight excluding hydrogens is 775 g/mol. The van der Waals surface area contributed by atoms with Crippen LogP contribution in [0.15, 0.2) is 195 Å². The summed E-state index contributed by atoms with van der Waals surface area (Å²) >= 11 is 0. The average molecular weight is 810 g/mol. The molecule has 11 aromatic rings. The Hall–Kier alpha value is -8.69. The second-order valence-corrected chi connectivity index (χ2v) is 15.1. The van der Waals surface area contributed by atoms with Gasteiger partial charge in [0.25, 0.3) is 0 Å². The number of hydrogen-bond acceptors (Lipinski definition) is 9. The highest BCUT2D eigenvalue weighted by atomic mass is 15.1. The van der Waals surface area contributed by atoms with E-state index >= 15 is 0 Å². The highest BCUT2D eigenvalue weighted by Gasteiger charge is 2.19. The van der Waals surface area contributed by atoms with Gasteiger partial charge in [-0.15, -0.1) is 0 Å². The van der Waals surface area contributed by atoms with Gasteiger partial charge in [-0.1, -0.05) is 140 Å². The molecule has 5 heterocycles. The van der Waals surface area contributed by atoms with E-state index < -0.39 is 0 Å². The fourth-order valence-corrected chi connectivity index (χ4v) is 8.11. The van der Waals surface area contributed by atoms with E-state index in [1.165, 1.54) is 0 Å². The van der Waals surface area contributed by atoms with Gasteiger partial charge in [-0.05, 0) is 92.7 Å². The van der Waals surface area contributed by atoms with E-state index in [1.54, 1.807) is 18.6 Å². The van der Waals surface area contributed by atoms with Crippen molar-refractivity contribution in [3.8, 4) is 91.0 Å². The second-order valence-electron chi connectivity index (χ2n) is 15.1. The van der Waals surface area contributed by atoms with Gasteiger partial charge in [-0.3, -0.25) is 15.0 Å². The van der Waals surface area contributed by atoms with Crippen LogP contribution < -0.4 is 0 Å². The number of fused-ring (bicyclic) bond motifs is 2. The molecule has 11 rings (SSSR count). The van der Waals surface area contributed by atoms with E-state index in [1.807, 2.05) is 72.8 Å². The molecular formula is C54H35N9. The standard InChI is InChI=1S/C54H35N9/c1-34-14-2-3-15-39(34)51-58-49(59-52(62-51)44-20-8-11-31-55-44)37-27-23-35(24-28-37)47-40-16-4-6-18-42(40)48(43-19-7-5-17-41(43)47)36-25-29-38(30-26-36)50-60-53(45-21-9-12-32-56-45)63-54(61-50)46-22-10-13-33-57-46/h2-33H,1H3. The summed E-state index contributed by atoms with van der Waals surface area (Å²) in [6, 6.07) is 59.6. The molecule has 0 spiro atoms. The molecule has 0 amide bonds. The van der Waals surface area contributed by atoms with Gasteiger partial charge in [0.1, 0.15) is 17.1 Å². The fraction of sp³-hybridized carbons (Fsp3) is 0.0185. The van der Waals surface area contributed by atoms with Crippen LogP contribution in [0.25, 0.3) is 113 Å². The van der Waals surface area contributed by atoms with Crippen LogP contribution in [0.1, 0.15) is 5.56 Å². The Labute approximate surface area is 363 Å². The minimum absolute atomic E-state index is 0.487. The van der Waals surface area contributed by atoms with Crippen molar-refractivity contribution in [2.24, 2.45) is 0 Å². The number of benzene rings is 6. The summed E-state index contributed by atoms with van der Waals surface area (Å²) in [4.78, 5) is 43.0. The van der Waals surface area contributed by atoms with Gasteiger partial charge < -0.3 is 0 Å². The maximum Gasteiger partial charge on any atom is 0.182 e. The average Bonchev–Trinajstić information content (AvgIpc) is 3.36.